The molecule has 4 N–H and O–H groups in total. The summed E-state index contributed by atoms with van der Waals surface area (Å²) in [6, 6.07) is -1.09. The molecule has 0 heterocycles. The van der Waals surface area contributed by atoms with Crippen LogP contribution in [-0.2, 0) is 13.9 Å². The van der Waals surface area contributed by atoms with Crippen molar-refractivity contribution >= 4 is 63.9 Å². The molecular formula is C6H14CaClN2O5P. The van der Waals surface area contributed by atoms with Gasteiger partial charge < -0.3 is 30.3 Å². The quantitative estimate of drug-likeness (QED) is 0.324. The van der Waals surface area contributed by atoms with Crippen LogP contribution in [0.2, 0.25) is 0 Å². The predicted molar refractivity (Wildman–Crippen MR) is 57.6 cm³/mol. The van der Waals surface area contributed by atoms with Crippen molar-refractivity contribution in [2.75, 3.05) is 6.54 Å². The SMILES string of the molecule is Cl.NCCCC[C@H](N)C(=O)OP(=O)([O-])[O-].[Ca+2]. The minimum Gasteiger partial charge on any atom is -0.780 e. The molecule has 0 aliphatic carbocycles. The van der Waals surface area contributed by atoms with E-state index in [0.717, 1.165) is 0 Å². The first-order valence-electron chi connectivity index (χ1n) is 4.08. The number of unbranched alkanes of at least 4 members (excludes halogenated alkanes) is 1. The third kappa shape index (κ3) is 13.2. The van der Waals surface area contributed by atoms with Crippen molar-refractivity contribution in [2.24, 2.45) is 11.5 Å². The topological polar surface area (TPSA) is 142 Å². The van der Waals surface area contributed by atoms with E-state index in [0.29, 0.717) is 19.4 Å². The van der Waals surface area contributed by atoms with Crippen LogP contribution in [0.15, 0.2) is 0 Å². The largest absolute Gasteiger partial charge is 2.00 e. The third-order valence-electron chi connectivity index (χ3n) is 1.47. The average Bonchev–Trinajstić information content (AvgIpc) is 2.01. The molecule has 0 fully saturated rings. The maximum absolute atomic E-state index is 10.8. The van der Waals surface area contributed by atoms with Crippen LogP contribution in [0.25, 0.3) is 0 Å². The van der Waals surface area contributed by atoms with E-state index in [-0.39, 0.29) is 56.6 Å². The standard InChI is InChI=1S/C6H15N2O5P.Ca.ClH/c7-4-2-1-3-5(8)6(9)13-14(10,11)12;;/h5H,1-4,7-8H2,(H2,10,11,12);;1H/q;+2;/p-2/t5-;;/m0../s1. The van der Waals surface area contributed by atoms with Gasteiger partial charge in [-0.3, -0.25) is 4.79 Å². The molecule has 0 saturated carbocycles. The Kier molecular flexibility index (Phi) is 15.6. The molecule has 10 heteroatoms. The number of carbonyl (C=O) groups excluding carboxylic acids is 1. The summed E-state index contributed by atoms with van der Waals surface area (Å²) in [5, 5.41) is 0. The number of halogens is 1. The van der Waals surface area contributed by atoms with E-state index in [4.69, 9.17) is 11.5 Å². The van der Waals surface area contributed by atoms with Crippen molar-refractivity contribution in [3.63, 3.8) is 0 Å². The van der Waals surface area contributed by atoms with E-state index in [1.807, 2.05) is 0 Å². The zero-order valence-corrected chi connectivity index (χ0v) is 12.6. The fraction of sp³-hybridized carbons (Fsp3) is 0.833. The maximum atomic E-state index is 10.8. The molecule has 16 heavy (non-hydrogen) atoms. The fourth-order valence-corrected chi connectivity index (χ4v) is 1.16. The first-order valence-corrected chi connectivity index (χ1v) is 5.54. The second kappa shape index (κ2) is 11.2. The monoisotopic (exact) mass is 300 g/mol. The smallest absolute Gasteiger partial charge is 0.780 e. The number of phosphoric acid groups is 1. The van der Waals surface area contributed by atoms with Crippen molar-refractivity contribution in [3.05, 3.63) is 0 Å². The zero-order chi connectivity index (χ0) is 11.2. The summed E-state index contributed by atoms with van der Waals surface area (Å²) in [7, 11) is -5.27. The second-order valence-electron chi connectivity index (χ2n) is 2.75. The molecule has 0 bridgehead atoms. The Bertz CT molecular complexity index is 239. The summed E-state index contributed by atoms with van der Waals surface area (Å²) in [6.07, 6.45) is 1.50. The van der Waals surface area contributed by atoms with Gasteiger partial charge in [0.2, 0.25) is 0 Å². The van der Waals surface area contributed by atoms with Gasteiger partial charge in [0, 0.05) is 0 Å². The Morgan fingerprint density at radius 3 is 2.25 bits per heavy atom. The molecule has 92 valence electrons. The molecule has 0 radical (unpaired) electrons. The Labute approximate surface area is 130 Å². The molecule has 0 unspecified atom stereocenters. The van der Waals surface area contributed by atoms with Gasteiger partial charge in [-0.15, -0.1) is 12.4 Å². The number of carbonyl (C=O) groups is 1. The molecule has 0 spiro atoms. The first-order chi connectivity index (χ1) is 6.37. The fourth-order valence-electron chi connectivity index (χ4n) is 0.804. The van der Waals surface area contributed by atoms with Crippen LogP contribution in [0.3, 0.4) is 0 Å². The normalized spacial score (nSPS) is 12.0. The molecule has 0 aromatic heterocycles. The van der Waals surface area contributed by atoms with Crippen molar-refractivity contribution < 1.29 is 23.7 Å². The average molecular weight is 301 g/mol. The van der Waals surface area contributed by atoms with Crippen molar-refractivity contribution in [3.8, 4) is 0 Å². The number of hydrogen-bond donors (Lipinski definition) is 2. The van der Waals surface area contributed by atoms with E-state index >= 15 is 0 Å². The minimum atomic E-state index is -5.27. The van der Waals surface area contributed by atoms with Crippen molar-refractivity contribution in [1.29, 1.82) is 0 Å². The summed E-state index contributed by atoms with van der Waals surface area (Å²) in [4.78, 5) is 30.9. The Hall–Kier alpha value is 1.09. The molecule has 0 aromatic carbocycles. The molecule has 0 rings (SSSR count). The second-order valence-corrected chi connectivity index (χ2v) is 3.83. The van der Waals surface area contributed by atoms with E-state index < -0.39 is 19.8 Å². The van der Waals surface area contributed by atoms with Gasteiger partial charge >= 0.3 is 43.7 Å². The van der Waals surface area contributed by atoms with E-state index in [2.05, 4.69) is 4.52 Å². The van der Waals surface area contributed by atoms with Gasteiger partial charge in [0.05, 0.1) is 0 Å². The van der Waals surface area contributed by atoms with Gasteiger partial charge in [-0.25, -0.2) is 0 Å². The van der Waals surface area contributed by atoms with Crippen LogP contribution >= 0.6 is 20.2 Å². The Morgan fingerprint density at radius 1 is 1.38 bits per heavy atom. The molecule has 0 aliphatic heterocycles. The summed E-state index contributed by atoms with van der Waals surface area (Å²) in [5.74, 6) is -1.21. The summed E-state index contributed by atoms with van der Waals surface area (Å²) < 4.78 is 13.6. The van der Waals surface area contributed by atoms with Crippen LogP contribution < -0.4 is 21.3 Å². The summed E-state index contributed by atoms with van der Waals surface area (Å²) in [5.41, 5.74) is 10.4. The van der Waals surface area contributed by atoms with Crippen LogP contribution in [0.5, 0.6) is 0 Å². The minimum absolute atomic E-state index is 0. The molecule has 7 nitrogen and oxygen atoms in total. The van der Waals surface area contributed by atoms with Gasteiger partial charge in [-0.05, 0) is 19.4 Å². The molecular weight excluding hydrogens is 287 g/mol. The number of rotatable bonds is 6. The van der Waals surface area contributed by atoms with Crippen LogP contribution in [0, 0.1) is 0 Å². The zero-order valence-electron chi connectivity index (χ0n) is 8.66. The van der Waals surface area contributed by atoms with Gasteiger partial charge in [0.15, 0.2) is 0 Å². The molecule has 0 aromatic rings. The third-order valence-corrected chi connectivity index (χ3v) is 1.88. The number of nitrogens with two attached hydrogens (primary N) is 2. The van der Waals surface area contributed by atoms with E-state index in [9.17, 15) is 19.1 Å². The molecule has 0 saturated heterocycles. The molecule has 0 aliphatic rings. The Morgan fingerprint density at radius 2 is 1.88 bits per heavy atom. The summed E-state index contributed by atoms with van der Waals surface area (Å²) >= 11 is 0. The first kappa shape index (κ1) is 22.3. The van der Waals surface area contributed by atoms with Gasteiger partial charge in [-0.2, -0.15) is 0 Å². The molecule has 0 amide bonds. The van der Waals surface area contributed by atoms with Crippen LogP contribution in [0.4, 0.5) is 0 Å². The predicted octanol–water partition coefficient (Wildman–Crippen LogP) is -2.14. The molecule has 1 atom stereocenters. The maximum Gasteiger partial charge on any atom is 2.00 e. The van der Waals surface area contributed by atoms with Crippen LogP contribution in [0.1, 0.15) is 19.3 Å². The summed E-state index contributed by atoms with van der Waals surface area (Å²) in [6.45, 7) is 0.462. The van der Waals surface area contributed by atoms with Crippen LogP contribution in [-0.4, -0.2) is 56.3 Å². The Balaban J connectivity index is -0.000000845. The van der Waals surface area contributed by atoms with Crippen molar-refractivity contribution in [2.45, 2.75) is 25.3 Å². The van der Waals surface area contributed by atoms with Gasteiger partial charge in [0.25, 0.3) is 0 Å². The van der Waals surface area contributed by atoms with E-state index in [1.165, 1.54) is 0 Å². The number of hydrogen-bond acceptors (Lipinski definition) is 7. The van der Waals surface area contributed by atoms with Gasteiger partial charge in [0.1, 0.15) is 13.9 Å². The van der Waals surface area contributed by atoms with Gasteiger partial charge in [-0.1, -0.05) is 6.42 Å². The van der Waals surface area contributed by atoms with E-state index in [1.54, 1.807) is 0 Å². The van der Waals surface area contributed by atoms with Crippen molar-refractivity contribution in [1.82, 2.24) is 0 Å². The number of phosphoric ester groups is 1.